The number of non-ortho nitro benzene ring substituents is 1. The number of hydrogen-bond acceptors (Lipinski definition) is 5. The smallest absolute Gasteiger partial charge is 0.271 e. The van der Waals surface area contributed by atoms with E-state index in [1.165, 1.54) is 12.1 Å². The van der Waals surface area contributed by atoms with Crippen molar-refractivity contribution in [1.82, 2.24) is 4.90 Å². The topological polar surface area (TPSA) is 84.7 Å². The summed E-state index contributed by atoms with van der Waals surface area (Å²) in [6.45, 7) is 8.96. The quantitative estimate of drug-likeness (QED) is 0.678. The van der Waals surface area contributed by atoms with E-state index in [1.54, 1.807) is 6.07 Å². The number of nitrogens with zero attached hydrogens (tertiary/aromatic N) is 2. The first-order valence-electron chi connectivity index (χ1n) is 7.66. The fraction of sp³-hybridized carbons (Fsp3) is 0.562. The minimum absolute atomic E-state index is 0.0281. The normalized spacial score (nSPS) is 16.1. The second-order valence-electron chi connectivity index (χ2n) is 6.67. The molecule has 7 nitrogen and oxygen atoms in total. The second kappa shape index (κ2) is 7.06. The number of benzene rings is 1. The van der Waals surface area contributed by atoms with E-state index in [9.17, 15) is 14.9 Å². The lowest BCUT2D eigenvalue weighted by Gasteiger charge is -2.27. The molecule has 1 aliphatic rings. The van der Waals surface area contributed by atoms with Crippen LogP contribution in [0.2, 0.25) is 0 Å². The first-order chi connectivity index (χ1) is 10.8. The van der Waals surface area contributed by atoms with Crippen LogP contribution >= 0.6 is 0 Å². The summed E-state index contributed by atoms with van der Waals surface area (Å²) in [6, 6.07) is 4.61. The second-order valence-corrected chi connectivity index (χ2v) is 6.67. The average molecular weight is 321 g/mol. The molecule has 0 atom stereocenters. The lowest BCUT2D eigenvalue weighted by molar-refractivity contribution is -0.384. The Morgan fingerprint density at radius 1 is 1.35 bits per heavy atom. The molecule has 1 N–H and O–H groups in total. The molecule has 1 aliphatic heterocycles. The number of rotatable bonds is 4. The minimum Gasteiger partial charge on any atom is -0.379 e. The van der Waals surface area contributed by atoms with Crippen molar-refractivity contribution in [1.29, 1.82) is 0 Å². The van der Waals surface area contributed by atoms with Crippen LogP contribution in [0.25, 0.3) is 0 Å². The van der Waals surface area contributed by atoms with Crippen LogP contribution in [0.5, 0.6) is 0 Å². The summed E-state index contributed by atoms with van der Waals surface area (Å²) in [5.41, 5.74) is 1.12. The molecule has 1 fully saturated rings. The molecule has 1 aromatic rings. The number of morpholine rings is 1. The van der Waals surface area contributed by atoms with Crippen molar-refractivity contribution in [2.24, 2.45) is 0 Å². The molecular formula is C16H23N3O4. The predicted octanol–water partition coefficient (Wildman–Crippen LogP) is 2.16. The number of carbonyl (C=O) groups excluding carboxylic acids is 1. The lowest BCUT2D eigenvalue weighted by Crippen LogP contribution is -2.41. The number of anilines is 1. The molecule has 1 aromatic carbocycles. The van der Waals surface area contributed by atoms with Crippen molar-refractivity contribution in [2.45, 2.75) is 26.2 Å². The molecule has 0 unspecified atom stereocenters. The summed E-state index contributed by atoms with van der Waals surface area (Å²) in [5.74, 6) is -0.169. The predicted molar refractivity (Wildman–Crippen MR) is 87.7 cm³/mol. The molecule has 0 radical (unpaired) electrons. The Balaban J connectivity index is 2.17. The van der Waals surface area contributed by atoms with Crippen molar-refractivity contribution >= 4 is 17.3 Å². The van der Waals surface area contributed by atoms with Crippen LogP contribution in [-0.2, 0) is 14.9 Å². The molecule has 0 aromatic heterocycles. The zero-order valence-corrected chi connectivity index (χ0v) is 13.8. The van der Waals surface area contributed by atoms with E-state index in [0.717, 1.165) is 5.56 Å². The largest absolute Gasteiger partial charge is 0.379 e. The maximum absolute atomic E-state index is 12.3. The van der Waals surface area contributed by atoms with Gasteiger partial charge in [-0.1, -0.05) is 20.8 Å². The zero-order valence-electron chi connectivity index (χ0n) is 13.8. The highest BCUT2D eigenvalue weighted by Gasteiger charge is 2.22. The molecule has 126 valence electrons. The van der Waals surface area contributed by atoms with Crippen molar-refractivity contribution in [3.63, 3.8) is 0 Å². The maximum Gasteiger partial charge on any atom is 0.271 e. The lowest BCUT2D eigenvalue weighted by atomic mass is 9.85. The number of nitro benzene ring substituents is 1. The van der Waals surface area contributed by atoms with Gasteiger partial charge in [-0.2, -0.15) is 0 Å². The van der Waals surface area contributed by atoms with Gasteiger partial charge in [-0.15, -0.1) is 0 Å². The van der Waals surface area contributed by atoms with Crippen molar-refractivity contribution < 1.29 is 14.5 Å². The summed E-state index contributed by atoms with van der Waals surface area (Å²) in [5, 5.41) is 13.8. The van der Waals surface area contributed by atoms with Gasteiger partial charge in [-0.3, -0.25) is 19.8 Å². The highest BCUT2D eigenvalue weighted by atomic mass is 16.6. The third-order valence-electron chi connectivity index (χ3n) is 3.77. The average Bonchev–Trinajstić information content (AvgIpc) is 2.46. The molecule has 0 spiro atoms. The van der Waals surface area contributed by atoms with Crippen molar-refractivity contribution in [3.8, 4) is 0 Å². The molecule has 1 amide bonds. The Hall–Kier alpha value is -1.99. The first kappa shape index (κ1) is 17.4. The SMILES string of the molecule is CC(C)(C)c1ccc([N+](=O)[O-])cc1NC(=O)CN1CCOCC1. The standard InChI is InChI=1S/C16H23N3O4/c1-16(2,3)13-5-4-12(19(21)22)10-14(13)17-15(20)11-18-6-8-23-9-7-18/h4-5,10H,6-9,11H2,1-3H3,(H,17,20). The van der Waals surface area contributed by atoms with Crippen LogP contribution in [0.15, 0.2) is 18.2 Å². The third-order valence-corrected chi connectivity index (χ3v) is 3.77. The number of ether oxygens (including phenoxy) is 1. The van der Waals surface area contributed by atoms with Gasteiger partial charge in [0.2, 0.25) is 5.91 Å². The number of nitro groups is 1. The number of amides is 1. The first-order valence-corrected chi connectivity index (χ1v) is 7.66. The minimum atomic E-state index is -0.454. The molecule has 0 saturated carbocycles. The van der Waals surface area contributed by atoms with E-state index < -0.39 is 4.92 Å². The Kier molecular flexibility index (Phi) is 5.33. The molecular weight excluding hydrogens is 298 g/mol. The highest BCUT2D eigenvalue weighted by Crippen LogP contribution is 2.32. The van der Waals surface area contributed by atoms with Gasteiger partial charge in [0.15, 0.2) is 0 Å². The molecule has 0 aliphatic carbocycles. The Labute approximate surface area is 135 Å². The fourth-order valence-corrected chi connectivity index (χ4v) is 2.56. The van der Waals surface area contributed by atoms with Gasteiger partial charge in [0, 0.05) is 25.2 Å². The van der Waals surface area contributed by atoms with Gasteiger partial charge in [0.05, 0.1) is 30.4 Å². The van der Waals surface area contributed by atoms with Crippen LogP contribution in [0, 0.1) is 10.1 Å². The Morgan fingerprint density at radius 2 is 2.00 bits per heavy atom. The Morgan fingerprint density at radius 3 is 2.57 bits per heavy atom. The molecule has 0 bridgehead atoms. The van der Waals surface area contributed by atoms with E-state index in [0.29, 0.717) is 32.0 Å². The van der Waals surface area contributed by atoms with E-state index in [-0.39, 0.29) is 23.6 Å². The van der Waals surface area contributed by atoms with Gasteiger partial charge in [-0.05, 0) is 17.0 Å². The van der Waals surface area contributed by atoms with Crippen LogP contribution in [-0.4, -0.2) is 48.6 Å². The van der Waals surface area contributed by atoms with Crippen LogP contribution < -0.4 is 5.32 Å². The fourth-order valence-electron chi connectivity index (χ4n) is 2.56. The monoisotopic (exact) mass is 321 g/mol. The molecule has 1 heterocycles. The summed E-state index contributed by atoms with van der Waals surface area (Å²) in [4.78, 5) is 24.8. The van der Waals surface area contributed by atoms with Gasteiger partial charge < -0.3 is 10.1 Å². The highest BCUT2D eigenvalue weighted by molar-refractivity contribution is 5.93. The number of hydrogen-bond donors (Lipinski definition) is 1. The van der Waals surface area contributed by atoms with E-state index in [4.69, 9.17) is 4.74 Å². The molecule has 23 heavy (non-hydrogen) atoms. The molecule has 1 saturated heterocycles. The van der Waals surface area contributed by atoms with Gasteiger partial charge in [0.25, 0.3) is 5.69 Å². The number of nitrogens with one attached hydrogen (secondary N) is 1. The zero-order chi connectivity index (χ0) is 17.0. The van der Waals surface area contributed by atoms with E-state index in [1.807, 2.05) is 25.7 Å². The summed E-state index contributed by atoms with van der Waals surface area (Å²) >= 11 is 0. The third kappa shape index (κ3) is 4.74. The molecule has 7 heteroatoms. The summed E-state index contributed by atoms with van der Waals surface area (Å²) < 4.78 is 5.26. The van der Waals surface area contributed by atoms with Crippen LogP contribution in [0.3, 0.4) is 0 Å². The van der Waals surface area contributed by atoms with Crippen molar-refractivity contribution in [2.75, 3.05) is 38.2 Å². The van der Waals surface area contributed by atoms with E-state index >= 15 is 0 Å². The number of carbonyl (C=O) groups is 1. The maximum atomic E-state index is 12.3. The van der Waals surface area contributed by atoms with Gasteiger partial charge in [0.1, 0.15) is 0 Å². The van der Waals surface area contributed by atoms with E-state index in [2.05, 4.69) is 5.32 Å². The van der Waals surface area contributed by atoms with Crippen molar-refractivity contribution in [3.05, 3.63) is 33.9 Å². The van der Waals surface area contributed by atoms with Gasteiger partial charge in [-0.25, -0.2) is 0 Å². The van der Waals surface area contributed by atoms with Crippen LogP contribution in [0.1, 0.15) is 26.3 Å². The summed E-state index contributed by atoms with van der Waals surface area (Å²) in [6.07, 6.45) is 0. The Bertz CT molecular complexity index is 589. The van der Waals surface area contributed by atoms with Crippen LogP contribution in [0.4, 0.5) is 11.4 Å². The summed E-state index contributed by atoms with van der Waals surface area (Å²) in [7, 11) is 0. The molecule has 2 rings (SSSR count). The van der Waals surface area contributed by atoms with Gasteiger partial charge >= 0.3 is 0 Å².